The Bertz CT molecular complexity index is 1120. The third-order valence-corrected chi connectivity index (χ3v) is 4.90. The van der Waals surface area contributed by atoms with Gasteiger partial charge in [-0.3, -0.25) is 4.79 Å². The molecule has 1 aromatic heterocycles. The van der Waals surface area contributed by atoms with Gasteiger partial charge in [-0.25, -0.2) is 5.11 Å². The molecule has 0 saturated carbocycles. The molecule has 3 aromatic carbocycles. The normalized spacial score (nSPS) is 10.8. The first-order chi connectivity index (χ1) is 14.2. The number of fused-ring (bicyclic) bond motifs is 1. The van der Waals surface area contributed by atoms with Crippen molar-refractivity contribution in [2.45, 2.75) is 13.0 Å². The Morgan fingerprint density at radius 1 is 0.931 bits per heavy atom. The number of benzene rings is 3. The highest BCUT2D eigenvalue weighted by molar-refractivity contribution is 6.00. The van der Waals surface area contributed by atoms with Crippen LogP contribution in [-0.2, 0) is 18.1 Å². The molecule has 5 heteroatoms. The van der Waals surface area contributed by atoms with Crippen LogP contribution >= 0.6 is 0 Å². The second-order valence-corrected chi connectivity index (χ2v) is 6.88. The van der Waals surface area contributed by atoms with Gasteiger partial charge in [0.05, 0.1) is 11.3 Å². The molecule has 4 rings (SSSR count). The second kappa shape index (κ2) is 8.63. The molecule has 1 heterocycles. The van der Waals surface area contributed by atoms with Gasteiger partial charge in [-0.2, -0.15) is 0 Å². The summed E-state index contributed by atoms with van der Waals surface area (Å²) in [5.41, 5.74) is 5.16. The lowest BCUT2D eigenvalue weighted by atomic mass is 10.1. The summed E-state index contributed by atoms with van der Waals surface area (Å²) in [6, 6.07) is 22.9. The fraction of sp³-hybridized carbons (Fsp3) is 0.125. The first kappa shape index (κ1) is 18.8. The van der Waals surface area contributed by atoms with E-state index < -0.39 is 0 Å². The fourth-order valence-electron chi connectivity index (χ4n) is 3.40. The van der Waals surface area contributed by atoms with Crippen molar-refractivity contribution >= 4 is 28.2 Å². The molecular weight excluding hydrogens is 362 g/mol. The standard InChI is InChI=1S/C24H22N3O2/c28-16-17-10-11-22-21(14-17)18(15-26-22)12-13-25-24(29)20-8-4-5-9-23(20)27-19-6-2-1-3-7-19/h1-11,14-15,26-27H,12-13,16H2,(H,25,29). The highest BCUT2D eigenvalue weighted by Gasteiger charge is 2.11. The van der Waals surface area contributed by atoms with E-state index in [1.807, 2.05) is 79.0 Å². The average molecular weight is 384 g/mol. The maximum absolute atomic E-state index is 12.7. The Kier molecular flexibility index (Phi) is 5.59. The predicted molar refractivity (Wildman–Crippen MR) is 115 cm³/mol. The van der Waals surface area contributed by atoms with Crippen LogP contribution in [0.15, 0.2) is 79.0 Å². The van der Waals surface area contributed by atoms with E-state index in [1.165, 1.54) is 0 Å². The summed E-state index contributed by atoms with van der Waals surface area (Å²) in [5, 5.41) is 18.5. The number of anilines is 2. The maximum atomic E-state index is 12.7. The van der Waals surface area contributed by atoms with E-state index in [9.17, 15) is 9.90 Å². The van der Waals surface area contributed by atoms with E-state index in [1.54, 1.807) is 0 Å². The molecule has 0 aliphatic heterocycles. The van der Waals surface area contributed by atoms with Crippen molar-refractivity contribution in [3.05, 3.63) is 95.7 Å². The highest BCUT2D eigenvalue weighted by Crippen LogP contribution is 2.22. The van der Waals surface area contributed by atoms with Gasteiger partial charge in [0.1, 0.15) is 6.61 Å². The second-order valence-electron chi connectivity index (χ2n) is 6.88. The Balaban J connectivity index is 1.43. The number of aromatic nitrogens is 1. The first-order valence-electron chi connectivity index (χ1n) is 9.61. The zero-order chi connectivity index (χ0) is 20.1. The molecule has 3 N–H and O–H groups in total. The molecule has 0 aliphatic carbocycles. The zero-order valence-electron chi connectivity index (χ0n) is 15.9. The van der Waals surface area contributed by atoms with Crippen LogP contribution in [0.5, 0.6) is 0 Å². The third-order valence-electron chi connectivity index (χ3n) is 4.90. The molecule has 0 fully saturated rings. The Labute approximate surface area is 169 Å². The zero-order valence-corrected chi connectivity index (χ0v) is 15.9. The molecule has 0 aliphatic rings. The Morgan fingerprint density at radius 3 is 2.55 bits per heavy atom. The van der Waals surface area contributed by atoms with Gasteiger partial charge >= 0.3 is 0 Å². The van der Waals surface area contributed by atoms with Crippen LogP contribution < -0.4 is 10.6 Å². The van der Waals surface area contributed by atoms with E-state index in [2.05, 4.69) is 15.6 Å². The summed E-state index contributed by atoms with van der Waals surface area (Å²) >= 11 is 0. The minimum absolute atomic E-state index is 0.121. The lowest BCUT2D eigenvalue weighted by molar-refractivity contribution is 0.0955. The molecule has 1 radical (unpaired) electrons. The molecule has 0 atom stereocenters. The number of H-pyrrole nitrogens is 1. The van der Waals surface area contributed by atoms with Gasteiger partial charge in [-0.05, 0) is 53.9 Å². The average Bonchev–Trinajstić information content (AvgIpc) is 3.17. The lowest BCUT2D eigenvalue weighted by Gasteiger charge is -2.12. The molecule has 0 bridgehead atoms. The van der Waals surface area contributed by atoms with Gasteiger partial charge < -0.3 is 15.6 Å². The van der Waals surface area contributed by atoms with Crippen molar-refractivity contribution in [3.8, 4) is 0 Å². The molecule has 145 valence electrons. The number of nitrogens with one attached hydrogen (secondary N) is 3. The number of carbonyl (C=O) groups is 1. The summed E-state index contributed by atoms with van der Waals surface area (Å²) in [6.45, 7) is 0.273. The van der Waals surface area contributed by atoms with Gasteiger partial charge in [0.25, 0.3) is 5.91 Å². The number of hydrogen-bond donors (Lipinski definition) is 3. The van der Waals surface area contributed by atoms with Crippen LogP contribution in [-0.4, -0.2) is 17.4 Å². The minimum atomic E-state index is -0.234. The van der Waals surface area contributed by atoms with Gasteiger partial charge in [0, 0.05) is 29.3 Å². The Hall–Kier alpha value is -3.57. The van der Waals surface area contributed by atoms with Crippen molar-refractivity contribution in [2.75, 3.05) is 11.9 Å². The summed E-state index contributed by atoms with van der Waals surface area (Å²) in [7, 11) is 0. The minimum Gasteiger partial charge on any atom is -0.361 e. The molecule has 0 unspecified atom stereocenters. The van der Waals surface area contributed by atoms with Crippen LogP contribution in [0.2, 0.25) is 0 Å². The topological polar surface area (TPSA) is 76.8 Å². The number of rotatable bonds is 7. The van der Waals surface area contributed by atoms with Crippen molar-refractivity contribution in [2.24, 2.45) is 0 Å². The van der Waals surface area contributed by atoms with E-state index in [4.69, 9.17) is 0 Å². The summed E-state index contributed by atoms with van der Waals surface area (Å²) in [6.07, 6.45) is 2.62. The van der Waals surface area contributed by atoms with Gasteiger partial charge in [-0.1, -0.05) is 36.4 Å². The van der Waals surface area contributed by atoms with E-state index >= 15 is 0 Å². The van der Waals surface area contributed by atoms with Gasteiger partial charge in [0.15, 0.2) is 0 Å². The van der Waals surface area contributed by atoms with Gasteiger partial charge in [-0.15, -0.1) is 0 Å². The van der Waals surface area contributed by atoms with Crippen LogP contribution in [0, 0.1) is 0 Å². The monoisotopic (exact) mass is 384 g/mol. The highest BCUT2D eigenvalue weighted by atomic mass is 16.3. The van der Waals surface area contributed by atoms with Crippen molar-refractivity contribution in [1.82, 2.24) is 10.3 Å². The van der Waals surface area contributed by atoms with Gasteiger partial charge in [0.2, 0.25) is 0 Å². The summed E-state index contributed by atoms with van der Waals surface area (Å²) in [4.78, 5) is 16.0. The Morgan fingerprint density at radius 2 is 1.72 bits per heavy atom. The van der Waals surface area contributed by atoms with E-state index in [-0.39, 0.29) is 12.5 Å². The molecule has 29 heavy (non-hydrogen) atoms. The van der Waals surface area contributed by atoms with Crippen molar-refractivity contribution in [3.63, 3.8) is 0 Å². The molecule has 4 aromatic rings. The summed E-state index contributed by atoms with van der Waals surface area (Å²) < 4.78 is 0. The van der Waals surface area contributed by atoms with Crippen LogP contribution in [0.4, 0.5) is 11.4 Å². The fourth-order valence-corrected chi connectivity index (χ4v) is 3.40. The molecule has 1 amide bonds. The number of carbonyl (C=O) groups excluding carboxylic acids is 1. The van der Waals surface area contributed by atoms with Crippen molar-refractivity contribution < 1.29 is 9.90 Å². The smallest absolute Gasteiger partial charge is 0.253 e. The molecule has 5 nitrogen and oxygen atoms in total. The SMILES string of the molecule is [O]Cc1ccc2[nH]cc(CCNC(=O)c3ccccc3Nc3ccccc3)c2c1. The number of para-hydroxylation sites is 2. The van der Waals surface area contributed by atoms with Crippen LogP contribution in [0.3, 0.4) is 0 Å². The number of aromatic amines is 1. The number of hydrogen-bond acceptors (Lipinski definition) is 2. The first-order valence-corrected chi connectivity index (χ1v) is 9.61. The lowest BCUT2D eigenvalue weighted by Crippen LogP contribution is -2.26. The summed E-state index contributed by atoms with van der Waals surface area (Å²) in [5.74, 6) is -0.121. The molecular formula is C24H22N3O2. The van der Waals surface area contributed by atoms with E-state index in [0.29, 0.717) is 18.5 Å². The van der Waals surface area contributed by atoms with E-state index in [0.717, 1.165) is 33.4 Å². The quantitative estimate of drug-likeness (QED) is 0.427. The van der Waals surface area contributed by atoms with Crippen LogP contribution in [0.25, 0.3) is 10.9 Å². The molecule has 0 spiro atoms. The molecule has 0 saturated heterocycles. The third kappa shape index (κ3) is 4.31. The van der Waals surface area contributed by atoms with Crippen molar-refractivity contribution in [1.29, 1.82) is 0 Å². The maximum Gasteiger partial charge on any atom is 0.253 e. The largest absolute Gasteiger partial charge is 0.361 e. The number of amides is 1. The van der Waals surface area contributed by atoms with Crippen LogP contribution in [0.1, 0.15) is 21.5 Å². The predicted octanol–water partition coefficient (Wildman–Crippen LogP) is 4.81.